The lowest BCUT2D eigenvalue weighted by Crippen LogP contribution is -2.36. The summed E-state index contributed by atoms with van der Waals surface area (Å²) in [7, 11) is 1.25. The highest BCUT2D eigenvalue weighted by atomic mass is 16.5. The Morgan fingerprint density at radius 2 is 2.21 bits per heavy atom. The van der Waals surface area contributed by atoms with E-state index in [9.17, 15) is 9.59 Å². The Kier molecular flexibility index (Phi) is 7.99. The zero-order chi connectivity index (χ0) is 20.4. The monoisotopic (exact) mass is 386 g/mol. The maximum absolute atomic E-state index is 12.7. The van der Waals surface area contributed by atoms with Crippen LogP contribution < -0.4 is 5.32 Å². The lowest BCUT2D eigenvalue weighted by atomic mass is 10.2. The van der Waals surface area contributed by atoms with Crippen LogP contribution in [0.3, 0.4) is 0 Å². The van der Waals surface area contributed by atoms with E-state index in [1.807, 2.05) is 13.0 Å². The van der Waals surface area contributed by atoms with E-state index >= 15 is 0 Å². The molecule has 0 fully saturated rings. The molecule has 0 saturated carbocycles. The number of amides is 2. The lowest BCUT2D eigenvalue weighted by molar-refractivity contribution is 0.0594. The molecule has 2 aromatic rings. The minimum absolute atomic E-state index is 0.0360. The predicted molar refractivity (Wildman–Crippen MR) is 99.5 cm³/mol. The van der Waals surface area contributed by atoms with Gasteiger partial charge in [-0.05, 0) is 31.5 Å². The van der Waals surface area contributed by atoms with Gasteiger partial charge < -0.3 is 24.1 Å². The predicted octanol–water partition coefficient (Wildman–Crippen LogP) is 2.79. The molecule has 1 aromatic carbocycles. The fraction of sp³-hybridized carbons (Fsp3) is 0.368. The molecule has 1 aromatic heterocycles. The maximum Gasteiger partial charge on any atom is 0.360 e. The molecule has 0 aliphatic carbocycles. The smallest absolute Gasteiger partial charge is 0.360 e. The second-order valence-corrected chi connectivity index (χ2v) is 5.71. The number of urea groups is 1. The van der Waals surface area contributed by atoms with Crippen molar-refractivity contribution in [2.45, 2.75) is 19.9 Å². The molecule has 0 aliphatic rings. The molecule has 0 aliphatic heterocycles. The highest BCUT2D eigenvalue weighted by Gasteiger charge is 2.19. The van der Waals surface area contributed by atoms with E-state index in [-0.39, 0.29) is 24.2 Å². The summed E-state index contributed by atoms with van der Waals surface area (Å²) in [6.07, 6.45) is 1.80. The van der Waals surface area contributed by atoms with Crippen molar-refractivity contribution in [3.8, 4) is 6.07 Å². The van der Waals surface area contributed by atoms with Crippen LogP contribution in [0.4, 0.5) is 10.5 Å². The van der Waals surface area contributed by atoms with Crippen LogP contribution in [0.5, 0.6) is 0 Å². The van der Waals surface area contributed by atoms with Crippen LogP contribution >= 0.6 is 0 Å². The number of oxazole rings is 1. The Hall–Kier alpha value is -3.38. The van der Waals surface area contributed by atoms with Crippen molar-refractivity contribution in [3.63, 3.8) is 0 Å². The average molecular weight is 386 g/mol. The van der Waals surface area contributed by atoms with Gasteiger partial charge in [0.15, 0.2) is 5.69 Å². The summed E-state index contributed by atoms with van der Waals surface area (Å²) < 4.78 is 15.2. The molecule has 0 unspecified atom stereocenters. The van der Waals surface area contributed by atoms with Gasteiger partial charge in [-0.2, -0.15) is 5.26 Å². The summed E-state index contributed by atoms with van der Waals surface area (Å²) in [5, 5.41) is 11.7. The molecule has 9 nitrogen and oxygen atoms in total. The van der Waals surface area contributed by atoms with Crippen LogP contribution in [0.25, 0.3) is 0 Å². The van der Waals surface area contributed by atoms with E-state index in [4.69, 9.17) is 14.4 Å². The van der Waals surface area contributed by atoms with Gasteiger partial charge in [0, 0.05) is 25.4 Å². The summed E-state index contributed by atoms with van der Waals surface area (Å²) in [4.78, 5) is 29.8. The molecule has 1 heterocycles. The number of carbonyl (C=O) groups is 2. The van der Waals surface area contributed by atoms with Crippen molar-refractivity contribution in [2.75, 3.05) is 32.2 Å². The molecule has 0 radical (unpaired) electrons. The van der Waals surface area contributed by atoms with Crippen LogP contribution in [-0.2, 0) is 16.0 Å². The first-order chi connectivity index (χ1) is 13.6. The van der Waals surface area contributed by atoms with Gasteiger partial charge in [-0.25, -0.2) is 14.6 Å². The quantitative estimate of drug-likeness (QED) is 0.520. The number of nitrogens with one attached hydrogen (secondary N) is 1. The van der Waals surface area contributed by atoms with Crippen LogP contribution in [0.2, 0.25) is 0 Å². The van der Waals surface area contributed by atoms with Crippen molar-refractivity contribution in [1.82, 2.24) is 9.88 Å². The zero-order valence-electron chi connectivity index (χ0n) is 15.8. The number of nitriles is 1. The number of aromatic nitrogens is 1. The van der Waals surface area contributed by atoms with Crippen molar-refractivity contribution in [1.29, 1.82) is 5.26 Å². The van der Waals surface area contributed by atoms with Crippen molar-refractivity contribution >= 4 is 17.7 Å². The SMILES string of the molecule is CCOCCCN(Cc1nc(C(=O)OC)co1)C(=O)Nc1cccc(C#N)c1. The van der Waals surface area contributed by atoms with Gasteiger partial charge in [0.2, 0.25) is 5.89 Å². The Bertz CT molecular complexity index is 843. The first-order valence-electron chi connectivity index (χ1n) is 8.74. The van der Waals surface area contributed by atoms with E-state index in [1.165, 1.54) is 18.3 Å². The molecule has 0 atom stereocenters. The number of nitrogens with zero attached hydrogens (tertiary/aromatic N) is 3. The number of benzene rings is 1. The Balaban J connectivity index is 2.08. The zero-order valence-corrected chi connectivity index (χ0v) is 15.8. The number of anilines is 1. The fourth-order valence-electron chi connectivity index (χ4n) is 2.37. The standard InChI is InChI=1S/C19H22N4O5/c1-3-27-9-5-8-23(12-17-22-16(13-28-17)18(24)26-2)19(25)21-15-7-4-6-14(10-15)11-20/h4,6-7,10,13H,3,5,8-9,12H2,1-2H3,(H,21,25). The molecule has 28 heavy (non-hydrogen) atoms. The summed E-state index contributed by atoms with van der Waals surface area (Å²) in [5.41, 5.74) is 0.978. The second-order valence-electron chi connectivity index (χ2n) is 5.71. The summed E-state index contributed by atoms with van der Waals surface area (Å²) in [6, 6.07) is 8.25. The van der Waals surface area contributed by atoms with Gasteiger partial charge in [0.05, 0.1) is 25.3 Å². The molecule has 2 amide bonds. The Morgan fingerprint density at radius 1 is 1.39 bits per heavy atom. The molecular weight excluding hydrogens is 364 g/mol. The summed E-state index contributed by atoms with van der Waals surface area (Å²) >= 11 is 0. The molecule has 1 N–H and O–H groups in total. The lowest BCUT2D eigenvalue weighted by Gasteiger charge is -2.21. The van der Waals surface area contributed by atoms with Gasteiger partial charge >= 0.3 is 12.0 Å². The highest BCUT2D eigenvalue weighted by molar-refractivity contribution is 5.89. The number of ether oxygens (including phenoxy) is 2. The average Bonchev–Trinajstić information content (AvgIpc) is 3.18. The van der Waals surface area contributed by atoms with Crippen LogP contribution in [0.15, 0.2) is 34.9 Å². The van der Waals surface area contributed by atoms with E-state index in [2.05, 4.69) is 15.0 Å². The Labute approximate surface area is 162 Å². The number of methoxy groups -OCH3 is 1. The van der Waals surface area contributed by atoms with Crippen LogP contribution in [0, 0.1) is 11.3 Å². The number of rotatable bonds is 9. The second kappa shape index (κ2) is 10.7. The van der Waals surface area contributed by atoms with Crippen molar-refractivity contribution < 1.29 is 23.5 Å². The Morgan fingerprint density at radius 3 is 2.93 bits per heavy atom. The number of hydrogen-bond acceptors (Lipinski definition) is 7. The van der Waals surface area contributed by atoms with Gasteiger partial charge in [-0.1, -0.05) is 6.07 Å². The third-order valence-corrected chi connectivity index (χ3v) is 3.72. The maximum atomic E-state index is 12.7. The normalized spacial score (nSPS) is 10.2. The number of carbonyl (C=O) groups excluding carboxylic acids is 2. The first-order valence-corrected chi connectivity index (χ1v) is 8.74. The van der Waals surface area contributed by atoms with Crippen molar-refractivity contribution in [3.05, 3.63) is 47.7 Å². The largest absolute Gasteiger partial charge is 0.464 e. The minimum Gasteiger partial charge on any atom is -0.464 e. The molecule has 0 spiro atoms. The van der Waals surface area contributed by atoms with E-state index in [0.717, 1.165) is 0 Å². The van der Waals surface area contributed by atoms with E-state index < -0.39 is 5.97 Å². The van der Waals surface area contributed by atoms with Gasteiger partial charge in [-0.3, -0.25) is 0 Å². The van der Waals surface area contributed by atoms with Crippen LogP contribution in [-0.4, -0.2) is 48.8 Å². The van der Waals surface area contributed by atoms with E-state index in [1.54, 1.807) is 24.3 Å². The minimum atomic E-state index is -0.615. The fourth-order valence-corrected chi connectivity index (χ4v) is 2.37. The van der Waals surface area contributed by atoms with Crippen LogP contribution in [0.1, 0.15) is 35.3 Å². The van der Waals surface area contributed by atoms with E-state index in [0.29, 0.717) is 37.4 Å². The highest BCUT2D eigenvalue weighted by Crippen LogP contribution is 2.13. The third-order valence-electron chi connectivity index (χ3n) is 3.72. The molecule has 0 saturated heterocycles. The van der Waals surface area contributed by atoms with Gasteiger partial charge in [0.1, 0.15) is 6.26 Å². The molecule has 9 heteroatoms. The van der Waals surface area contributed by atoms with Gasteiger partial charge in [0.25, 0.3) is 0 Å². The first kappa shape index (κ1) is 20.9. The molecule has 148 valence electrons. The summed E-state index contributed by atoms with van der Waals surface area (Å²) in [6.45, 7) is 3.44. The molecular formula is C19H22N4O5. The third kappa shape index (κ3) is 6.10. The topological polar surface area (TPSA) is 118 Å². The molecule has 2 rings (SSSR count). The number of hydrogen-bond donors (Lipinski definition) is 1. The summed E-state index contributed by atoms with van der Waals surface area (Å²) in [5.74, 6) is -0.409. The van der Waals surface area contributed by atoms with Gasteiger partial charge in [-0.15, -0.1) is 0 Å². The van der Waals surface area contributed by atoms with Crippen molar-refractivity contribution in [2.24, 2.45) is 0 Å². The molecule has 0 bridgehead atoms. The number of esters is 1.